The van der Waals surface area contributed by atoms with Crippen LogP contribution in [0.25, 0.3) is 0 Å². The fraction of sp³-hybridized carbons (Fsp3) is 0.625. The highest BCUT2D eigenvalue weighted by Gasteiger charge is 2.04. The Balaban J connectivity index is 2.18. The maximum atomic E-state index is 6.17. The molecule has 1 atom stereocenters. The first-order chi connectivity index (χ1) is 8.22. The molecule has 1 rings (SSSR count). The SMILES string of the molecule is CCCCCCCC(N)Cc1cccc(C)c1. The van der Waals surface area contributed by atoms with Crippen LogP contribution in [-0.2, 0) is 6.42 Å². The van der Waals surface area contributed by atoms with Crippen molar-refractivity contribution in [2.24, 2.45) is 5.73 Å². The zero-order valence-electron chi connectivity index (χ0n) is 11.4. The van der Waals surface area contributed by atoms with Crippen molar-refractivity contribution >= 4 is 0 Å². The molecule has 0 saturated heterocycles. The van der Waals surface area contributed by atoms with Gasteiger partial charge in [-0.05, 0) is 25.3 Å². The molecule has 0 saturated carbocycles. The fourth-order valence-electron chi connectivity index (χ4n) is 2.25. The smallest absolute Gasteiger partial charge is 0.00793 e. The van der Waals surface area contributed by atoms with Crippen LogP contribution in [0.3, 0.4) is 0 Å². The Morgan fingerprint density at radius 1 is 1.12 bits per heavy atom. The monoisotopic (exact) mass is 233 g/mol. The number of aryl methyl sites for hydroxylation is 1. The molecule has 0 aromatic heterocycles. The van der Waals surface area contributed by atoms with Crippen molar-refractivity contribution in [2.75, 3.05) is 0 Å². The molecular formula is C16H27N. The summed E-state index contributed by atoms with van der Waals surface area (Å²) >= 11 is 0. The molecule has 1 unspecified atom stereocenters. The normalized spacial score (nSPS) is 12.6. The largest absolute Gasteiger partial charge is 0.327 e. The van der Waals surface area contributed by atoms with E-state index < -0.39 is 0 Å². The fourth-order valence-corrected chi connectivity index (χ4v) is 2.25. The summed E-state index contributed by atoms with van der Waals surface area (Å²) in [4.78, 5) is 0. The molecule has 0 heterocycles. The van der Waals surface area contributed by atoms with Gasteiger partial charge in [0.25, 0.3) is 0 Å². The molecule has 0 aliphatic heterocycles. The topological polar surface area (TPSA) is 26.0 Å². The highest BCUT2D eigenvalue weighted by Crippen LogP contribution is 2.11. The minimum Gasteiger partial charge on any atom is -0.327 e. The molecule has 0 bridgehead atoms. The van der Waals surface area contributed by atoms with Crippen molar-refractivity contribution in [3.8, 4) is 0 Å². The lowest BCUT2D eigenvalue weighted by molar-refractivity contribution is 0.538. The molecule has 17 heavy (non-hydrogen) atoms. The summed E-state index contributed by atoms with van der Waals surface area (Å²) < 4.78 is 0. The molecule has 1 heteroatoms. The van der Waals surface area contributed by atoms with Crippen molar-refractivity contribution < 1.29 is 0 Å². The second kappa shape index (κ2) is 8.30. The Morgan fingerprint density at radius 2 is 1.88 bits per heavy atom. The van der Waals surface area contributed by atoms with Crippen LogP contribution in [0.4, 0.5) is 0 Å². The first-order valence-electron chi connectivity index (χ1n) is 7.03. The summed E-state index contributed by atoms with van der Waals surface area (Å²) in [6.07, 6.45) is 8.87. The molecule has 0 aliphatic carbocycles. The van der Waals surface area contributed by atoms with Gasteiger partial charge in [-0.3, -0.25) is 0 Å². The molecule has 96 valence electrons. The summed E-state index contributed by atoms with van der Waals surface area (Å²) in [6, 6.07) is 9.03. The number of hydrogen-bond acceptors (Lipinski definition) is 1. The van der Waals surface area contributed by atoms with E-state index in [1.165, 1.54) is 43.2 Å². The van der Waals surface area contributed by atoms with Gasteiger partial charge in [0.15, 0.2) is 0 Å². The van der Waals surface area contributed by atoms with E-state index in [4.69, 9.17) is 5.73 Å². The second-order valence-corrected chi connectivity index (χ2v) is 5.16. The number of nitrogens with two attached hydrogens (primary N) is 1. The number of hydrogen-bond donors (Lipinski definition) is 1. The molecule has 0 aliphatic rings. The van der Waals surface area contributed by atoms with E-state index >= 15 is 0 Å². The first kappa shape index (κ1) is 14.2. The molecule has 0 radical (unpaired) electrons. The average Bonchev–Trinajstić information content (AvgIpc) is 2.29. The van der Waals surface area contributed by atoms with Crippen LogP contribution in [0.2, 0.25) is 0 Å². The summed E-state index contributed by atoms with van der Waals surface area (Å²) in [7, 11) is 0. The summed E-state index contributed by atoms with van der Waals surface area (Å²) in [5.74, 6) is 0. The predicted molar refractivity (Wildman–Crippen MR) is 76.2 cm³/mol. The van der Waals surface area contributed by atoms with Crippen LogP contribution in [-0.4, -0.2) is 6.04 Å². The van der Waals surface area contributed by atoms with Crippen LogP contribution in [0.1, 0.15) is 56.6 Å². The Hall–Kier alpha value is -0.820. The van der Waals surface area contributed by atoms with Gasteiger partial charge >= 0.3 is 0 Å². The standard InChI is InChI=1S/C16H27N/c1-3-4-5-6-7-11-16(17)13-15-10-8-9-14(2)12-15/h8-10,12,16H,3-7,11,13,17H2,1-2H3. The third kappa shape index (κ3) is 6.48. The van der Waals surface area contributed by atoms with Crippen LogP contribution in [0.15, 0.2) is 24.3 Å². The molecule has 0 spiro atoms. The lowest BCUT2D eigenvalue weighted by Crippen LogP contribution is -2.22. The quantitative estimate of drug-likeness (QED) is 0.668. The van der Waals surface area contributed by atoms with Gasteiger partial charge in [-0.15, -0.1) is 0 Å². The van der Waals surface area contributed by atoms with Gasteiger partial charge in [0.2, 0.25) is 0 Å². The number of benzene rings is 1. The minimum absolute atomic E-state index is 0.332. The highest BCUT2D eigenvalue weighted by atomic mass is 14.6. The van der Waals surface area contributed by atoms with Gasteiger partial charge in [-0.25, -0.2) is 0 Å². The van der Waals surface area contributed by atoms with Gasteiger partial charge in [0.05, 0.1) is 0 Å². The van der Waals surface area contributed by atoms with Gasteiger partial charge < -0.3 is 5.73 Å². The second-order valence-electron chi connectivity index (χ2n) is 5.16. The van der Waals surface area contributed by atoms with E-state index in [-0.39, 0.29) is 0 Å². The van der Waals surface area contributed by atoms with Crippen molar-refractivity contribution in [1.29, 1.82) is 0 Å². The Kier molecular flexibility index (Phi) is 6.95. The van der Waals surface area contributed by atoms with E-state index in [2.05, 4.69) is 38.1 Å². The van der Waals surface area contributed by atoms with E-state index in [9.17, 15) is 0 Å². The molecule has 1 aromatic carbocycles. The van der Waals surface area contributed by atoms with E-state index in [0.29, 0.717) is 6.04 Å². The average molecular weight is 233 g/mol. The number of unbranched alkanes of at least 4 members (excludes halogenated alkanes) is 4. The molecule has 1 aromatic rings. The van der Waals surface area contributed by atoms with Crippen LogP contribution in [0, 0.1) is 6.92 Å². The Morgan fingerprint density at radius 3 is 2.59 bits per heavy atom. The highest BCUT2D eigenvalue weighted by molar-refractivity contribution is 5.22. The predicted octanol–water partition coefficient (Wildman–Crippen LogP) is 4.23. The zero-order chi connectivity index (χ0) is 12.5. The third-order valence-electron chi connectivity index (χ3n) is 3.26. The summed E-state index contributed by atoms with van der Waals surface area (Å²) in [5, 5.41) is 0. The maximum absolute atomic E-state index is 6.17. The Bertz CT molecular complexity index is 306. The van der Waals surface area contributed by atoms with Gasteiger partial charge in [-0.2, -0.15) is 0 Å². The summed E-state index contributed by atoms with van der Waals surface area (Å²) in [5.41, 5.74) is 8.88. The number of rotatable bonds is 8. The van der Waals surface area contributed by atoms with Crippen molar-refractivity contribution in [2.45, 2.75) is 64.8 Å². The lowest BCUT2D eigenvalue weighted by atomic mass is 9.99. The van der Waals surface area contributed by atoms with Crippen LogP contribution >= 0.6 is 0 Å². The molecule has 0 amide bonds. The van der Waals surface area contributed by atoms with Crippen LogP contribution in [0.5, 0.6) is 0 Å². The molecule has 1 nitrogen and oxygen atoms in total. The Labute approximate surface area is 106 Å². The van der Waals surface area contributed by atoms with Crippen molar-refractivity contribution in [3.63, 3.8) is 0 Å². The third-order valence-corrected chi connectivity index (χ3v) is 3.26. The van der Waals surface area contributed by atoms with E-state index in [1.54, 1.807) is 0 Å². The molecule has 0 fully saturated rings. The lowest BCUT2D eigenvalue weighted by Gasteiger charge is -2.11. The van der Waals surface area contributed by atoms with Crippen LogP contribution < -0.4 is 5.73 Å². The zero-order valence-corrected chi connectivity index (χ0v) is 11.4. The first-order valence-corrected chi connectivity index (χ1v) is 7.03. The molecular weight excluding hydrogens is 206 g/mol. The summed E-state index contributed by atoms with van der Waals surface area (Å²) in [6.45, 7) is 4.39. The van der Waals surface area contributed by atoms with Crippen molar-refractivity contribution in [1.82, 2.24) is 0 Å². The van der Waals surface area contributed by atoms with Gasteiger partial charge in [0, 0.05) is 6.04 Å². The van der Waals surface area contributed by atoms with E-state index in [1.807, 2.05) is 0 Å². The van der Waals surface area contributed by atoms with Gasteiger partial charge in [-0.1, -0.05) is 68.9 Å². The van der Waals surface area contributed by atoms with E-state index in [0.717, 1.165) is 12.8 Å². The minimum atomic E-state index is 0.332. The van der Waals surface area contributed by atoms with Crippen molar-refractivity contribution in [3.05, 3.63) is 35.4 Å². The maximum Gasteiger partial charge on any atom is 0.00793 e. The molecule has 2 N–H and O–H groups in total. The van der Waals surface area contributed by atoms with Gasteiger partial charge in [0.1, 0.15) is 0 Å².